The van der Waals surface area contributed by atoms with Gasteiger partial charge in [-0.3, -0.25) is 4.90 Å². The fourth-order valence-electron chi connectivity index (χ4n) is 2.88. The summed E-state index contributed by atoms with van der Waals surface area (Å²) in [6, 6.07) is 6.38. The second-order valence-corrected chi connectivity index (χ2v) is 7.00. The van der Waals surface area contributed by atoms with Gasteiger partial charge in [-0.1, -0.05) is 17.7 Å². The summed E-state index contributed by atoms with van der Waals surface area (Å²) in [4.78, 5) is 6.90. The lowest BCUT2D eigenvalue weighted by atomic mass is 10.1. The number of nitrogens with zero attached hydrogens (tertiary/aromatic N) is 3. The predicted octanol–water partition coefficient (Wildman–Crippen LogP) is 1.56. The number of nitrogens with one attached hydrogen (secondary N) is 1. The Kier molecular flexibility index (Phi) is 7.27. The van der Waals surface area contributed by atoms with Crippen LogP contribution < -0.4 is 10.1 Å². The zero-order valence-electron chi connectivity index (χ0n) is 15.3. The Morgan fingerprint density at radius 2 is 1.96 bits per heavy atom. The van der Waals surface area contributed by atoms with Gasteiger partial charge in [0, 0.05) is 51.4 Å². The van der Waals surface area contributed by atoms with Crippen LogP contribution in [-0.4, -0.2) is 80.3 Å². The number of benzene rings is 1. The smallest absolute Gasteiger partial charge is 0.169 e. The molecule has 1 aromatic rings. The summed E-state index contributed by atoms with van der Waals surface area (Å²) < 4.78 is 5.49. The van der Waals surface area contributed by atoms with Gasteiger partial charge >= 0.3 is 0 Å². The minimum absolute atomic E-state index is 0.879. The Hall–Kier alpha value is -1.37. The summed E-state index contributed by atoms with van der Waals surface area (Å²) in [6.07, 6.45) is 0. The highest BCUT2D eigenvalue weighted by Crippen LogP contribution is 2.22. The number of ether oxygens (including phenoxy) is 1. The summed E-state index contributed by atoms with van der Waals surface area (Å²) in [5, 5.41) is 4.23. The third kappa shape index (κ3) is 5.61. The number of rotatable bonds is 6. The number of piperazine rings is 1. The van der Waals surface area contributed by atoms with E-state index >= 15 is 0 Å². The number of hydrogen-bond donors (Lipinski definition) is 1. The van der Waals surface area contributed by atoms with Crippen LogP contribution in [0.4, 0.5) is 0 Å². The molecule has 0 radical (unpaired) electrons. The van der Waals surface area contributed by atoms with E-state index in [9.17, 15) is 0 Å². The number of thiocarbonyl (C=S) groups is 1. The molecule has 0 spiro atoms. The summed E-state index contributed by atoms with van der Waals surface area (Å²) in [6.45, 7) is 8.93. The summed E-state index contributed by atoms with van der Waals surface area (Å²) in [5.74, 6) is 0.976. The highest BCUT2D eigenvalue weighted by Gasteiger charge is 2.19. The van der Waals surface area contributed by atoms with Crippen LogP contribution in [0.2, 0.25) is 0 Å². The monoisotopic (exact) mass is 350 g/mol. The second-order valence-electron chi connectivity index (χ2n) is 6.61. The molecule has 5 nitrogen and oxygen atoms in total. The third-order valence-corrected chi connectivity index (χ3v) is 4.73. The predicted molar refractivity (Wildman–Crippen MR) is 104 cm³/mol. The van der Waals surface area contributed by atoms with Crippen LogP contribution in [0.15, 0.2) is 18.2 Å². The van der Waals surface area contributed by atoms with Crippen molar-refractivity contribution < 1.29 is 4.74 Å². The normalized spacial score (nSPS) is 15.6. The number of methoxy groups -OCH3 is 1. The van der Waals surface area contributed by atoms with Crippen molar-refractivity contribution in [3.05, 3.63) is 29.3 Å². The fraction of sp³-hybridized carbons (Fsp3) is 0.611. The fourth-order valence-corrected chi connectivity index (χ4v) is 3.16. The summed E-state index contributed by atoms with van der Waals surface area (Å²) in [5.41, 5.74) is 2.54. The first kappa shape index (κ1) is 19.0. The Morgan fingerprint density at radius 3 is 2.58 bits per heavy atom. The molecule has 1 aromatic carbocycles. The van der Waals surface area contributed by atoms with Gasteiger partial charge in [0.05, 0.1) is 7.11 Å². The topological polar surface area (TPSA) is 31.0 Å². The van der Waals surface area contributed by atoms with Gasteiger partial charge in [0.15, 0.2) is 5.11 Å². The molecule has 1 aliphatic heterocycles. The van der Waals surface area contributed by atoms with Gasteiger partial charge in [0.2, 0.25) is 0 Å². The molecule has 0 aliphatic carbocycles. The SMILES string of the molecule is COc1ccc(C)cc1CN1CCN(C(=S)NCCN(C)C)CC1. The first-order valence-corrected chi connectivity index (χ1v) is 8.94. The van der Waals surface area contributed by atoms with Crippen LogP contribution in [0.3, 0.4) is 0 Å². The number of likely N-dealkylation sites (N-methyl/N-ethyl adjacent to an activating group) is 1. The molecular weight excluding hydrogens is 320 g/mol. The van der Waals surface area contributed by atoms with Crippen molar-refractivity contribution in [1.29, 1.82) is 0 Å². The molecule has 1 N–H and O–H groups in total. The van der Waals surface area contributed by atoms with E-state index < -0.39 is 0 Å². The summed E-state index contributed by atoms with van der Waals surface area (Å²) >= 11 is 5.51. The lowest BCUT2D eigenvalue weighted by Crippen LogP contribution is -2.52. The lowest BCUT2D eigenvalue weighted by molar-refractivity contribution is 0.173. The van der Waals surface area contributed by atoms with Crippen molar-refractivity contribution in [2.45, 2.75) is 13.5 Å². The maximum atomic E-state index is 5.51. The van der Waals surface area contributed by atoms with E-state index in [4.69, 9.17) is 17.0 Å². The molecule has 24 heavy (non-hydrogen) atoms. The lowest BCUT2D eigenvalue weighted by Gasteiger charge is -2.36. The van der Waals surface area contributed by atoms with E-state index in [-0.39, 0.29) is 0 Å². The van der Waals surface area contributed by atoms with Crippen molar-refractivity contribution in [3.8, 4) is 5.75 Å². The van der Waals surface area contributed by atoms with Crippen LogP contribution in [0.25, 0.3) is 0 Å². The number of aryl methyl sites for hydroxylation is 1. The average molecular weight is 351 g/mol. The van der Waals surface area contributed by atoms with Crippen molar-refractivity contribution in [2.24, 2.45) is 0 Å². The molecule has 0 unspecified atom stereocenters. The van der Waals surface area contributed by atoms with Crippen LogP contribution in [0, 0.1) is 6.92 Å². The molecule has 6 heteroatoms. The Balaban J connectivity index is 1.80. The molecule has 1 heterocycles. The highest BCUT2D eigenvalue weighted by molar-refractivity contribution is 7.80. The Labute approximate surface area is 151 Å². The average Bonchev–Trinajstić information content (AvgIpc) is 2.55. The largest absolute Gasteiger partial charge is 0.496 e. The summed E-state index contributed by atoms with van der Waals surface area (Å²) in [7, 11) is 5.88. The molecule has 1 aliphatic rings. The maximum Gasteiger partial charge on any atom is 0.169 e. The quantitative estimate of drug-likeness (QED) is 0.784. The van der Waals surface area contributed by atoms with Crippen molar-refractivity contribution in [2.75, 3.05) is 60.5 Å². The van der Waals surface area contributed by atoms with Crippen LogP contribution in [0.1, 0.15) is 11.1 Å². The zero-order valence-corrected chi connectivity index (χ0v) is 16.2. The van der Waals surface area contributed by atoms with E-state index in [1.165, 1.54) is 11.1 Å². The molecule has 2 rings (SSSR count). The van der Waals surface area contributed by atoms with Gasteiger partial charge in [0.25, 0.3) is 0 Å². The second kappa shape index (κ2) is 9.20. The van der Waals surface area contributed by atoms with Crippen LogP contribution in [-0.2, 0) is 6.54 Å². The van der Waals surface area contributed by atoms with Gasteiger partial charge in [-0.15, -0.1) is 0 Å². The van der Waals surface area contributed by atoms with Gasteiger partial charge in [-0.25, -0.2) is 0 Å². The molecule has 0 amide bonds. The Bertz CT molecular complexity index is 542. The van der Waals surface area contributed by atoms with Crippen LogP contribution in [0.5, 0.6) is 5.75 Å². The zero-order chi connectivity index (χ0) is 17.5. The molecule has 1 fully saturated rings. The van der Waals surface area contributed by atoms with E-state index in [2.05, 4.69) is 59.2 Å². The van der Waals surface area contributed by atoms with Gasteiger partial charge in [-0.05, 0) is 39.3 Å². The van der Waals surface area contributed by atoms with Gasteiger partial charge in [0.1, 0.15) is 5.75 Å². The molecule has 0 atom stereocenters. The molecule has 0 saturated carbocycles. The van der Waals surface area contributed by atoms with Gasteiger partial charge < -0.3 is 19.9 Å². The minimum Gasteiger partial charge on any atom is -0.496 e. The minimum atomic E-state index is 0.879. The highest BCUT2D eigenvalue weighted by atomic mass is 32.1. The third-order valence-electron chi connectivity index (χ3n) is 4.32. The first-order valence-electron chi connectivity index (χ1n) is 8.53. The van der Waals surface area contributed by atoms with Crippen molar-refractivity contribution >= 4 is 17.3 Å². The molecule has 134 valence electrons. The molecule has 0 bridgehead atoms. The first-order chi connectivity index (χ1) is 11.5. The molecule has 1 saturated heterocycles. The van der Waals surface area contributed by atoms with Crippen molar-refractivity contribution in [1.82, 2.24) is 20.0 Å². The maximum absolute atomic E-state index is 5.51. The molecule has 0 aromatic heterocycles. The van der Waals surface area contributed by atoms with E-state index in [1.807, 2.05) is 0 Å². The standard InChI is InChI=1S/C18H30N4OS/c1-15-5-6-17(23-4)16(13-15)14-21-9-11-22(12-10-21)18(24)19-7-8-20(2)3/h5-6,13H,7-12,14H2,1-4H3,(H,19,24). The van der Waals surface area contributed by atoms with Gasteiger partial charge in [-0.2, -0.15) is 0 Å². The Morgan fingerprint density at radius 1 is 1.25 bits per heavy atom. The van der Waals surface area contributed by atoms with E-state index in [1.54, 1.807) is 7.11 Å². The van der Waals surface area contributed by atoms with E-state index in [0.717, 1.165) is 56.7 Å². The van der Waals surface area contributed by atoms with Crippen molar-refractivity contribution in [3.63, 3.8) is 0 Å². The van der Waals surface area contributed by atoms with Crippen LogP contribution >= 0.6 is 12.2 Å². The number of hydrogen-bond acceptors (Lipinski definition) is 4. The van der Waals surface area contributed by atoms with E-state index in [0.29, 0.717) is 0 Å². The molecular formula is C18H30N4OS.